The highest BCUT2D eigenvalue weighted by atomic mass is 79.9. The molecule has 92 valence electrons. The van der Waals surface area contributed by atoms with Crippen LogP contribution < -0.4 is 11.1 Å². The first-order valence-corrected chi connectivity index (χ1v) is 6.73. The van der Waals surface area contributed by atoms with Gasteiger partial charge in [0.15, 0.2) is 0 Å². The van der Waals surface area contributed by atoms with E-state index in [1.165, 1.54) is 19.3 Å². The molecule has 0 heterocycles. The molecule has 1 unspecified atom stereocenters. The molecule has 0 aromatic heterocycles. The molecule has 1 aromatic carbocycles. The number of halogens is 1. The Balaban J connectivity index is 2.05. The second kappa shape index (κ2) is 5.08. The van der Waals surface area contributed by atoms with Crippen molar-refractivity contribution in [2.75, 3.05) is 5.73 Å². The Morgan fingerprint density at radius 3 is 2.82 bits per heavy atom. The van der Waals surface area contributed by atoms with Gasteiger partial charge in [0.1, 0.15) is 0 Å². The third kappa shape index (κ3) is 2.80. The van der Waals surface area contributed by atoms with Crippen LogP contribution in [-0.4, -0.2) is 11.9 Å². The van der Waals surface area contributed by atoms with E-state index in [2.05, 4.69) is 28.2 Å². The topological polar surface area (TPSA) is 55.1 Å². The number of hydrogen-bond acceptors (Lipinski definition) is 2. The summed E-state index contributed by atoms with van der Waals surface area (Å²) in [5.74, 6) is 0.551. The molecule has 4 heteroatoms. The van der Waals surface area contributed by atoms with Crippen molar-refractivity contribution in [3.8, 4) is 0 Å². The Hall–Kier alpha value is -1.03. The highest BCUT2D eigenvalue weighted by molar-refractivity contribution is 9.10. The molecular formula is C13H17BrN2O. The molecule has 2 rings (SSSR count). The van der Waals surface area contributed by atoms with Crippen LogP contribution in [0.25, 0.3) is 0 Å². The molecule has 1 aliphatic rings. The van der Waals surface area contributed by atoms with Crippen LogP contribution in [0.1, 0.15) is 36.5 Å². The summed E-state index contributed by atoms with van der Waals surface area (Å²) in [7, 11) is 0. The lowest BCUT2D eigenvalue weighted by Crippen LogP contribution is -2.40. The largest absolute Gasteiger partial charge is 0.398 e. The second-order valence-electron chi connectivity index (χ2n) is 4.68. The Kier molecular flexibility index (Phi) is 3.72. The minimum atomic E-state index is -0.0804. The van der Waals surface area contributed by atoms with E-state index >= 15 is 0 Å². The highest BCUT2D eigenvalue weighted by Gasteiger charge is 2.25. The molecule has 3 nitrogen and oxygen atoms in total. The fourth-order valence-corrected chi connectivity index (χ4v) is 2.43. The summed E-state index contributed by atoms with van der Waals surface area (Å²) in [4.78, 5) is 12.1. The summed E-state index contributed by atoms with van der Waals surface area (Å²) < 4.78 is 0.869. The molecule has 1 atom stereocenters. The SMILES string of the molecule is CC(NC(=O)c1cc(Br)ccc1N)C1CCC1. The molecule has 0 aliphatic heterocycles. The summed E-state index contributed by atoms with van der Waals surface area (Å²) in [6.45, 7) is 2.07. The molecule has 0 spiro atoms. The molecule has 17 heavy (non-hydrogen) atoms. The van der Waals surface area contributed by atoms with E-state index in [1.807, 2.05) is 6.07 Å². The molecule has 1 amide bonds. The van der Waals surface area contributed by atoms with Crippen molar-refractivity contribution in [1.29, 1.82) is 0 Å². The van der Waals surface area contributed by atoms with Gasteiger partial charge in [-0.25, -0.2) is 0 Å². The molecule has 0 radical (unpaired) electrons. The number of amides is 1. The number of hydrogen-bond donors (Lipinski definition) is 2. The van der Waals surface area contributed by atoms with E-state index in [4.69, 9.17) is 5.73 Å². The first kappa shape index (κ1) is 12.4. The number of carbonyl (C=O) groups excluding carboxylic acids is 1. The van der Waals surface area contributed by atoms with E-state index in [0.29, 0.717) is 17.2 Å². The minimum Gasteiger partial charge on any atom is -0.398 e. The molecule has 1 fully saturated rings. The maximum absolute atomic E-state index is 12.1. The van der Waals surface area contributed by atoms with E-state index < -0.39 is 0 Å². The van der Waals surface area contributed by atoms with E-state index in [-0.39, 0.29) is 11.9 Å². The van der Waals surface area contributed by atoms with Crippen LogP contribution in [0.4, 0.5) is 5.69 Å². The smallest absolute Gasteiger partial charge is 0.253 e. The first-order valence-electron chi connectivity index (χ1n) is 5.94. The molecular weight excluding hydrogens is 280 g/mol. The van der Waals surface area contributed by atoms with Gasteiger partial charge in [-0.3, -0.25) is 4.79 Å². The lowest BCUT2D eigenvalue weighted by Gasteiger charge is -2.32. The lowest BCUT2D eigenvalue weighted by molar-refractivity contribution is 0.0910. The predicted octanol–water partition coefficient (Wildman–Crippen LogP) is 2.95. The Labute approximate surface area is 110 Å². The molecule has 3 N–H and O–H groups in total. The van der Waals surface area contributed by atoms with Gasteiger partial charge in [0, 0.05) is 16.2 Å². The van der Waals surface area contributed by atoms with Gasteiger partial charge in [-0.2, -0.15) is 0 Å². The van der Waals surface area contributed by atoms with Gasteiger partial charge < -0.3 is 11.1 Å². The Morgan fingerprint density at radius 2 is 2.24 bits per heavy atom. The number of anilines is 1. The molecule has 0 bridgehead atoms. The number of benzene rings is 1. The highest BCUT2D eigenvalue weighted by Crippen LogP contribution is 2.29. The monoisotopic (exact) mass is 296 g/mol. The van der Waals surface area contributed by atoms with E-state index in [1.54, 1.807) is 12.1 Å². The van der Waals surface area contributed by atoms with Gasteiger partial charge in [-0.1, -0.05) is 22.4 Å². The van der Waals surface area contributed by atoms with Crippen LogP contribution in [-0.2, 0) is 0 Å². The third-order valence-electron chi connectivity index (χ3n) is 3.48. The van der Waals surface area contributed by atoms with Crippen LogP contribution in [0.2, 0.25) is 0 Å². The van der Waals surface area contributed by atoms with Crippen molar-refractivity contribution in [2.45, 2.75) is 32.2 Å². The van der Waals surface area contributed by atoms with E-state index in [0.717, 1.165) is 4.47 Å². The normalized spacial score (nSPS) is 17.3. The summed E-state index contributed by atoms with van der Waals surface area (Å²) in [6, 6.07) is 5.57. The molecule has 1 aliphatic carbocycles. The number of nitrogen functional groups attached to an aromatic ring is 1. The van der Waals surface area contributed by atoms with Crippen molar-refractivity contribution >= 4 is 27.5 Å². The van der Waals surface area contributed by atoms with Gasteiger partial charge in [0.2, 0.25) is 0 Å². The number of nitrogens with one attached hydrogen (secondary N) is 1. The summed E-state index contributed by atoms with van der Waals surface area (Å²) >= 11 is 3.35. The lowest BCUT2D eigenvalue weighted by atomic mass is 9.80. The van der Waals surface area contributed by atoms with Gasteiger partial charge in [0.05, 0.1) is 5.56 Å². The van der Waals surface area contributed by atoms with Crippen LogP contribution >= 0.6 is 15.9 Å². The first-order chi connectivity index (χ1) is 8.08. The van der Waals surface area contributed by atoms with Gasteiger partial charge in [0.25, 0.3) is 5.91 Å². The quantitative estimate of drug-likeness (QED) is 0.843. The maximum Gasteiger partial charge on any atom is 0.253 e. The maximum atomic E-state index is 12.1. The van der Waals surface area contributed by atoms with Crippen molar-refractivity contribution < 1.29 is 4.79 Å². The van der Waals surface area contributed by atoms with Crippen LogP contribution in [0.5, 0.6) is 0 Å². The van der Waals surface area contributed by atoms with E-state index in [9.17, 15) is 4.79 Å². The zero-order valence-corrected chi connectivity index (χ0v) is 11.5. The summed E-state index contributed by atoms with van der Waals surface area (Å²) in [5, 5.41) is 3.03. The number of rotatable bonds is 3. The van der Waals surface area contributed by atoms with Crippen LogP contribution in [0.3, 0.4) is 0 Å². The fraction of sp³-hybridized carbons (Fsp3) is 0.462. The number of carbonyl (C=O) groups is 1. The van der Waals surface area contributed by atoms with Crippen LogP contribution in [0, 0.1) is 5.92 Å². The average molecular weight is 297 g/mol. The predicted molar refractivity (Wildman–Crippen MR) is 72.8 cm³/mol. The van der Waals surface area contributed by atoms with Gasteiger partial charge in [-0.15, -0.1) is 0 Å². The van der Waals surface area contributed by atoms with Crippen molar-refractivity contribution in [3.63, 3.8) is 0 Å². The molecule has 0 saturated heterocycles. The standard InChI is InChI=1S/C13H17BrN2O/c1-8(9-3-2-4-9)16-13(17)11-7-10(14)5-6-12(11)15/h5-9H,2-4,15H2,1H3,(H,16,17). The van der Waals surface area contributed by atoms with Gasteiger partial charge >= 0.3 is 0 Å². The number of nitrogens with two attached hydrogens (primary N) is 1. The fourth-order valence-electron chi connectivity index (χ4n) is 2.07. The van der Waals surface area contributed by atoms with Crippen LogP contribution in [0.15, 0.2) is 22.7 Å². The second-order valence-corrected chi connectivity index (χ2v) is 5.60. The van der Waals surface area contributed by atoms with Crippen molar-refractivity contribution in [1.82, 2.24) is 5.32 Å². The third-order valence-corrected chi connectivity index (χ3v) is 3.97. The zero-order chi connectivity index (χ0) is 12.4. The minimum absolute atomic E-state index is 0.0804. The zero-order valence-electron chi connectivity index (χ0n) is 9.87. The van der Waals surface area contributed by atoms with Crippen molar-refractivity contribution in [3.05, 3.63) is 28.2 Å². The Bertz CT molecular complexity index is 429. The average Bonchev–Trinajstić information content (AvgIpc) is 2.18. The van der Waals surface area contributed by atoms with Gasteiger partial charge in [-0.05, 0) is 43.9 Å². The van der Waals surface area contributed by atoms with Crippen molar-refractivity contribution in [2.24, 2.45) is 5.92 Å². The molecule has 1 saturated carbocycles. The summed E-state index contributed by atoms with van der Waals surface area (Å²) in [5.41, 5.74) is 6.87. The summed E-state index contributed by atoms with van der Waals surface area (Å²) in [6.07, 6.45) is 3.72. The molecule has 1 aromatic rings. The Morgan fingerprint density at radius 1 is 1.53 bits per heavy atom.